The molecule has 0 atom stereocenters. The topological polar surface area (TPSA) is 59.1 Å². The summed E-state index contributed by atoms with van der Waals surface area (Å²) in [6.07, 6.45) is 17.7. The third-order valence-corrected chi connectivity index (χ3v) is 7.71. The van der Waals surface area contributed by atoms with Crippen LogP contribution in [-0.2, 0) is 10.0 Å². The lowest BCUT2D eigenvalue weighted by Gasteiger charge is -2.05. The number of nitrogens with zero attached hydrogens (tertiary/aromatic N) is 1. The van der Waals surface area contributed by atoms with Gasteiger partial charge in [0.05, 0.1) is 16.0 Å². The van der Waals surface area contributed by atoms with Gasteiger partial charge in [0.25, 0.3) is 0 Å². The van der Waals surface area contributed by atoms with Gasteiger partial charge in [-0.15, -0.1) is 0 Å². The van der Waals surface area contributed by atoms with Crippen molar-refractivity contribution >= 4 is 36.7 Å². The minimum Gasteiger partial charge on any atom is -0.259 e. The molecule has 1 aromatic heterocycles. The van der Waals surface area contributed by atoms with Gasteiger partial charge in [0.2, 0.25) is 10.0 Å². The lowest BCUT2D eigenvalue weighted by molar-refractivity contribution is 0.537. The van der Waals surface area contributed by atoms with Crippen molar-refractivity contribution in [3.05, 3.63) is 24.3 Å². The first-order valence-corrected chi connectivity index (χ1v) is 13.9. The van der Waals surface area contributed by atoms with Crippen LogP contribution in [-0.4, -0.2) is 19.2 Å². The largest absolute Gasteiger partial charge is 0.259 e. The van der Waals surface area contributed by atoms with E-state index in [4.69, 9.17) is 0 Å². The van der Waals surface area contributed by atoms with E-state index in [-0.39, 0.29) is 5.75 Å². The molecule has 0 unspecified atom stereocenters. The summed E-state index contributed by atoms with van der Waals surface area (Å²) in [5.74, 6) is 0.182. The third-order valence-electron chi connectivity index (χ3n) is 5.30. The summed E-state index contributed by atoms with van der Waals surface area (Å²) in [6, 6.07) is 7.71. The fourth-order valence-electron chi connectivity index (χ4n) is 3.59. The van der Waals surface area contributed by atoms with Gasteiger partial charge in [-0.2, -0.15) is 0 Å². The van der Waals surface area contributed by atoms with Gasteiger partial charge in [-0.05, 0) is 18.6 Å². The highest BCUT2D eigenvalue weighted by molar-refractivity contribution is 7.92. The Morgan fingerprint density at radius 1 is 0.793 bits per heavy atom. The summed E-state index contributed by atoms with van der Waals surface area (Å²) in [5.41, 5.74) is 0.840. The highest BCUT2D eigenvalue weighted by atomic mass is 32.2. The highest BCUT2D eigenvalue weighted by Gasteiger charge is 2.13. The number of sulfonamides is 1. The molecule has 0 bridgehead atoms. The molecular formula is C23H38N2O2S2. The van der Waals surface area contributed by atoms with E-state index in [1.807, 2.05) is 24.3 Å². The fourth-order valence-corrected chi connectivity index (χ4v) is 5.85. The highest BCUT2D eigenvalue weighted by Crippen LogP contribution is 2.26. The second-order valence-corrected chi connectivity index (χ2v) is 10.9. The number of nitrogens with one attached hydrogen (secondary N) is 1. The molecule has 0 fully saturated rings. The van der Waals surface area contributed by atoms with E-state index in [0.29, 0.717) is 5.13 Å². The van der Waals surface area contributed by atoms with Crippen LogP contribution in [0.2, 0.25) is 0 Å². The minimum atomic E-state index is -3.30. The molecule has 0 spiro atoms. The van der Waals surface area contributed by atoms with Crippen molar-refractivity contribution < 1.29 is 8.42 Å². The Bertz CT molecular complexity index is 754. The molecule has 2 aromatic rings. The smallest absolute Gasteiger partial charge is 0.234 e. The molecule has 0 amide bonds. The zero-order valence-electron chi connectivity index (χ0n) is 18.0. The summed E-state index contributed by atoms with van der Waals surface area (Å²) >= 11 is 1.39. The number of benzene rings is 1. The Morgan fingerprint density at radius 3 is 1.86 bits per heavy atom. The average Bonchev–Trinajstić information content (AvgIpc) is 3.09. The molecule has 164 valence electrons. The normalized spacial score (nSPS) is 11.9. The van der Waals surface area contributed by atoms with Crippen molar-refractivity contribution in [3.8, 4) is 0 Å². The van der Waals surface area contributed by atoms with Crippen LogP contribution < -0.4 is 4.72 Å². The van der Waals surface area contributed by atoms with E-state index < -0.39 is 10.0 Å². The molecule has 0 saturated heterocycles. The predicted octanol–water partition coefficient (Wildman–Crippen LogP) is 7.52. The lowest BCUT2D eigenvalue weighted by atomic mass is 10.0. The number of aromatic nitrogens is 1. The third kappa shape index (κ3) is 10.4. The van der Waals surface area contributed by atoms with Gasteiger partial charge in [-0.1, -0.05) is 114 Å². The fraction of sp³-hybridized carbons (Fsp3) is 0.696. The van der Waals surface area contributed by atoms with Gasteiger partial charge in [-0.25, -0.2) is 13.4 Å². The second-order valence-electron chi connectivity index (χ2n) is 8.00. The predicted molar refractivity (Wildman–Crippen MR) is 127 cm³/mol. The van der Waals surface area contributed by atoms with Crippen LogP contribution >= 0.6 is 11.3 Å². The van der Waals surface area contributed by atoms with Gasteiger partial charge in [0.1, 0.15) is 0 Å². The quantitative estimate of drug-likeness (QED) is 0.260. The molecule has 0 aliphatic carbocycles. The second kappa shape index (κ2) is 14.0. The van der Waals surface area contributed by atoms with Crippen LogP contribution in [0.4, 0.5) is 5.13 Å². The van der Waals surface area contributed by atoms with Crippen molar-refractivity contribution in [1.82, 2.24) is 4.98 Å². The van der Waals surface area contributed by atoms with Gasteiger partial charge in [-0.3, -0.25) is 4.72 Å². The first-order valence-electron chi connectivity index (χ1n) is 11.5. The number of para-hydroxylation sites is 1. The van der Waals surface area contributed by atoms with Crippen LogP contribution in [0, 0.1) is 0 Å². The Hall–Kier alpha value is -1.14. The lowest BCUT2D eigenvalue weighted by Crippen LogP contribution is -2.16. The van der Waals surface area contributed by atoms with Gasteiger partial charge < -0.3 is 0 Å². The van der Waals surface area contributed by atoms with E-state index in [0.717, 1.165) is 29.5 Å². The number of rotatable bonds is 17. The standard InChI is InChI=1S/C23H38N2O2S2/c1-2-3-4-5-6-7-8-9-10-11-12-13-14-17-20-29(26,27)25-23-24-21-18-15-16-19-22(21)28-23/h15-16,18-19H,2-14,17,20H2,1H3,(H,24,25). The summed E-state index contributed by atoms with van der Waals surface area (Å²) in [7, 11) is -3.30. The molecule has 29 heavy (non-hydrogen) atoms. The first kappa shape index (κ1) is 24.1. The Balaban J connectivity index is 1.45. The molecule has 1 heterocycles. The molecule has 4 nitrogen and oxygen atoms in total. The summed E-state index contributed by atoms with van der Waals surface area (Å²) in [4.78, 5) is 4.34. The number of anilines is 1. The SMILES string of the molecule is CCCCCCCCCCCCCCCCS(=O)(=O)Nc1nc2ccccc2s1. The maximum absolute atomic E-state index is 12.3. The molecule has 2 rings (SSSR count). The number of hydrogen-bond donors (Lipinski definition) is 1. The van der Waals surface area contributed by atoms with Crippen LogP contribution in [0.15, 0.2) is 24.3 Å². The van der Waals surface area contributed by atoms with Crippen molar-refractivity contribution in [2.45, 2.75) is 96.8 Å². The van der Waals surface area contributed by atoms with E-state index in [9.17, 15) is 8.42 Å². The van der Waals surface area contributed by atoms with E-state index in [1.165, 1.54) is 82.0 Å². The molecule has 0 saturated carbocycles. The molecule has 1 aromatic carbocycles. The first-order chi connectivity index (χ1) is 14.1. The average molecular weight is 439 g/mol. The Kier molecular flexibility index (Phi) is 11.6. The van der Waals surface area contributed by atoms with Crippen LogP contribution in [0.3, 0.4) is 0 Å². The van der Waals surface area contributed by atoms with Gasteiger partial charge in [0.15, 0.2) is 5.13 Å². The molecule has 0 aliphatic heterocycles. The summed E-state index contributed by atoms with van der Waals surface area (Å²) in [6.45, 7) is 2.26. The summed E-state index contributed by atoms with van der Waals surface area (Å²) in [5, 5.41) is 0.469. The van der Waals surface area contributed by atoms with Crippen LogP contribution in [0.25, 0.3) is 10.2 Å². The minimum absolute atomic E-state index is 0.182. The van der Waals surface area contributed by atoms with Gasteiger partial charge >= 0.3 is 0 Å². The van der Waals surface area contributed by atoms with E-state index in [2.05, 4.69) is 16.6 Å². The number of unbranched alkanes of at least 4 members (excludes halogenated alkanes) is 13. The molecule has 0 radical (unpaired) electrons. The number of fused-ring (bicyclic) bond motifs is 1. The van der Waals surface area contributed by atoms with Gasteiger partial charge in [0, 0.05) is 0 Å². The van der Waals surface area contributed by atoms with Crippen molar-refractivity contribution in [2.75, 3.05) is 10.5 Å². The molecule has 1 N–H and O–H groups in total. The van der Waals surface area contributed by atoms with Crippen LogP contribution in [0.5, 0.6) is 0 Å². The number of hydrogen-bond acceptors (Lipinski definition) is 4. The van der Waals surface area contributed by atoms with E-state index >= 15 is 0 Å². The van der Waals surface area contributed by atoms with Crippen molar-refractivity contribution in [2.24, 2.45) is 0 Å². The maximum atomic E-state index is 12.3. The maximum Gasteiger partial charge on any atom is 0.234 e. The zero-order chi connectivity index (χ0) is 20.8. The zero-order valence-corrected chi connectivity index (χ0v) is 19.6. The Labute approximate surface area is 181 Å². The van der Waals surface area contributed by atoms with Crippen molar-refractivity contribution in [1.29, 1.82) is 0 Å². The monoisotopic (exact) mass is 438 g/mol. The van der Waals surface area contributed by atoms with E-state index in [1.54, 1.807) is 0 Å². The summed E-state index contributed by atoms with van der Waals surface area (Å²) < 4.78 is 28.1. The molecular weight excluding hydrogens is 400 g/mol. The molecule has 6 heteroatoms. The molecule has 0 aliphatic rings. The number of thiazole rings is 1. The Morgan fingerprint density at radius 2 is 1.31 bits per heavy atom. The van der Waals surface area contributed by atoms with Crippen LogP contribution in [0.1, 0.15) is 96.8 Å². The van der Waals surface area contributed by atoms with Crippen molar-refractivity contribution in [3.63, 3.8) is 0 Å².